The van der Waals surface area contributed by atoms with Gasteiger partial charge in [0.2, 0.25) is 11.6 Å². The van der Waals surface area contributed by atoms with Crippen molar-refractivity contribution in [3.8, 4) is 28.7 Å². The van der Waals surface area contributed by atoms with Crippen LogP contribution in [-0.2, 0) is 0 Å². The Kier molecular flexibility index (Phi) is 3.69. The predicted molar refractivity (Wildman–Crippen MR) is 96.6 cm³/mol. The van der Waals surface area contributed by atoms with E-state index in [-0.39, 0.29) is 0 Å². The van der Waals surface area contributed by atoms with Gasteiger partial charge in [-0.3, -0.25) is 0 Å². The van der Waals surface area contributed by atoms with Crippen LogP contribution in [0.2, 0.25) is 0 Å². The van der Waals surface area contributed by atoms with Crippen LogP contribution in [0.3, 0.4) is 0 Å². The van der Waals surface area contributed by atoms with Crippen LogP contribution in [0.5, 0.6) is 17.2 Å². The van der Waals surface area contributed by atoms with Gasteiger partial charge in [0.15, 0.2) is 17.1 Å². The van der Waals surface area contributed by atoms with Gasteiger partial charge < -0.3 is 18.6 Å². The summed E-state index contributed by atoms with van der Waals surface area (Å²) in [6, 6.07) is 15.8. The van der Waals surface area contributed by atoms with E-state index in [2.05, 4.69) is 17.1 Å². The first-order valence-corrected chi connectivity index (χ1v) is 7.83. The molecule has 5 nitrogen and oxygen atoms in total. The van der Waals surface area contributed by atoms with E-state index in [1.807, 2.05) is 36.4 Å². The molecule has 0 saturated carbocycles. The monoisotopic (exact) mass is 335 g/mol. The summed E-state index contributed by atoms with van der Waals surface area (Å²) < 4.78 is 22.1. The number of benzene rings is 3. The van der Waals surface area contributed by atoms with Crippen LogP contribution in [0.4, 0.5) is 0 Å². The molecule has 0 saturated heterocycles. The van der Waals surface area contributed by atoms with Gasteiger partial charge >= 0.3 is 0 Å². The first kappa shape index (κ1) is 15.3. The molecule has 0 aliphatic heterocycles. The Labute approximate surface area is 144 Å². The maximum absolute atomic E-state index is 5.97. The van der Waals surface area contributed by atoms with Gasteiger partial charge in [-0.1, -0.05) is 24.3 Å². The van der Waals surface area contributed by atoms with Crippen molar-refractivity contribution < 1.29 is 18.6 Å². The summed E-state index contributed by atoms with van der Waals surface area (Å²) in [4.78, 5) is 4.62. The Hall–Kier alpha value is -3.21. The van der Waals surface area contributed by atoms with Crippen LogP contribution in [0.15, 0.2) is 52.9 Å². The highest BCUT2D eigenvalue weighted by Gasteiger charge is 2.17. The fourth-order valence-corrected chi connectivity index (χ4v) is 2.94. The zero-order valence-electron chi connectivity index (χ0n) is 14.2. The van der Waals surface area contributed by atoms with E-state index >= 15 is 0 Å². The molecule has 5 heteroatoms. The minimum atomic E-state index is 0.504. The van der Waals surface area contributed by atoms with Crippen LogP contribution >= 0.6 is 0 Å². The average molecular weight is 335 g/mol. The third-order valence-corrected chi connectivity index (χ3v) is 4.17. The van der Waals surface area contributed by atoms with Crippen LogP contribution in [0, 0.1) is 0 Å². The molecule has 4 rings (SSSR count). The summed E-state index contributed by atoms with van der Waals surface area (Å²) in [7, 11) is 4.74. The fourth-order valence-electron chi connectivity index (χ4n) is 2.94. The summed E-state index contributed by atoms with van der Waals surface area (Å²) in [5.41, 5.74) is 2.31. The molecule has 0 amide bonds. The molecular formula is C20H17NO4. The van der Waals surface area contributed by atoms with Gasteiger partial charge in [0.25, 0.3) is 0 Å². The predicted octanol–water partition coefficient (Wildman–Crippen LogP) is 4.67. The van der Waals surface area contributed by atoms with E-state index in [1.165, 1.54) is 0 Å². The second-order valence-corrected chi connectivity index (χ2v) is 5.60. The van der Waals surface area contributed by atoms with Gasteiger partial charge in [-0.05, 0) is 35.0 Å². The molecule has 0 N–H and O–H groups in total. The second-order valence-electron chi connectivity index (χ2n) is 5.60. The number of oxazole rings is 1. The Morgan fingerprint density at radius 1 is 0.800 bits per heavy atom. The summed E-state index contributed by atoms with van der Waals surface area (Å²) in [6.07, 6.45) is 0. The first-order valence-electron chi connectivity index (χ1n) is 7.83. The molecule has 0 spiro atoms. The van der Waals surface area contributed by atoms with Crippen molar-refractivity contribution in [2.45, 2.75) is 0 Å². The molecule has 0 aliphatic rings. The number of fused-ring (bicyclic) bond motifs is 2. The minimum Gasteiger partial charge on any atom is -0.493 e. The highest BCUT2D eigenvalue weighted by Crippen LogP contribution is 2.41. The topological polar surface area (TPSA) is 53.7 Å². The van der Waals surface area contributed by atoms with E-state index < -0.39 is 0 Å². The zero-order chi connectivity index (χ0) is 17.4. The van der Waals surface area contributed by atoms with E-state index in [0.29, 0.717) is 23.1 Å². The molecule has 4 aromatic rings. The molecular weight excluding hydrogens is 318 g/mol. The summed E-state index contributed by atoms with van der Waals surface area (Å²) in [5, 5.41) is 2.24. The number of hydrogen-bond acceptors (Lipinski definition) is 5. The number of rotatable bonds is 4. The largest absolute Gasteiger partial charge is 0.493 e. The van der Waals surface area contributed by atoms with Gasteiger partial charge in [-0.25, -0.2) is 4.98 Å². The van der Waals surface area contributed by atoms with Gasteiger partial charge in [0, 0.05) is 5.56 Å². The summed E-state index contributed by atoms with van der Waals surface area (Å²) in [5.74, 6) is 2.16. The highest BCUT2D eigenvalue weighted by molar-refractivity contribution is 5.95. The lowest BCUT2D eigenvalue weighted by molar-refractivity contribution is 0.324. The van der Waals surface area contributed by atoms with Crippen molar-refractivity contribution in [3.63, 3.8) is 0 Å². The molecule has 0 radical (unpaired) electrons. The third kappa shape index (κ3) is 2.54. The SMILES string of the molecule is COc1cc(-c2nc3cc4ccccc4cc3o2)cc(OC)c1OC. The van der Waals surface area contributed by atoms with Gasteiger partial charge in [0.05, 0.1) is 21.3 Å². The van der Waals surface area contributed by atoms with E-state index in [4.69, 9.17) is 18.6 Å². The minimum absolute atomic E-state index is 0.504. The molecule has 1 heterocycles. The lowest BCUT2D eigenvalue weighted by atomic mass is 10.1. The van der Waals surface area contributed by atoms with Crippen LogP contribution in [0.25, 0.3) is 33.3 Å². The van der Waals surface area contributed by atoms with Crippen molar-refractivity contribution in [2.75, 3.05) is 21.3 Å². The second kappa shape index (κ2) is 6.02. The Morgan fingerprint density at radius 3 is 2.04 bits per heavy atom. The first-order chi connectivity index (χ1) is 12.2. The van der Waals surface area contributed by atoms with Crippen LogP contribution in [0.1, 0.15) is 0 Å². The third-order valence-electron chi connectivity index (χ3n) is 4.17. The van der Waals surface area contributed by atoms with Gasteiger partial charge in [-0.2, -0.15) is 0 Å². The van der Waals surface area contributed by atoms with Crippen LogP contribution in [-0.4, -0.2) is 26.3 Å². The highest BCUT2D eigenvalue weighted by atomic mass is 16.5. The molecule has 126 valence electrons. The summed E-state index contributed by atoms with van der Waals surface area (Å²) in [6.45, 7) is 0. The number of nitrogens with zero attached hydrogens (tertiary/aromatic N) is 1. The molecule has 0 aliphatic carbocycles. The van der Waals surface area contributed by atoms with Crippen molar-refractivity contribution >= 4 is 21.9 Å². The number of ether oxygens (including phenoxy) is 3. The average Bonchev–Trinajstić information content (AvgIpc) is 3.07. The van der Waals surface area contributed by atoms with Crippen molar-refractivity contribution in [1.82, 2.24) is 4.98 Å². The van der Waals surface area contributed by atoms with E-state index in [9.17, 15) is 0 Å². The number of aromatic nitrogens is 1. The molecule has 0 fully saturated rings. The zero-order valence-corrected chi connectivity index (χ0v) is 14.2. The summed E-state index contributed by atoms with van der Waals surface area (Å²) >= 11 is 0. The molecule has 0 atom stereocenters. The van der Waals surface area contributed by atoms with Crippen LogP contribution < -0.4 is 14.2 Å². The Morgan fingerprint density at radius 2 is 1.44 bits per heavy atom. The van der Waals surface area contributed by atoms with Gasteiger partial charge in [-0.15, -0.1) is 0 Å². The quantitative estimate of drug-likeness (QED) is 0.542. The molecule has 25 heavy (non-hydrogen) atoms. The van der Waals surface area contributed by atoms with Gasteiger partial charge in [0.1, 0.15) is 5.52 Å². The molecule has 0 bridgehead atoms. The maximum Gasteiger partial charge on any atom is 0.227 e. The van der Waals surface area contributed by atoms with Crippen molar-refractivity contribution in [2.24, 2.45) is 0 Å². The van der Waals surface area contributed by atoms with E-state index in [0.717, 1.165) is 27.4 Å². The lowest BCUT2D eigenvalue weighted by Gasteiger charge is -2.12. The van der Waals surface area contributed by atoms with Crippen molar-refractivity contribution in [1.29, 1.82) is 0 Å². The number of methoxy groups -OCH3 is 3. The smallest absolute Gasteiger partial charge is 0.227 e. The fraction of sp³-hybridized carbons (Fsp3) is 0.150. The standard InChI is InChI=1S/C20H17NO4/c1-22-17-10-14(11-18(23-2)19(17)24-3)20-21-15-8-12-6-4-5-7-13(12)9-16(15)25-20/h4-11H,1-3H3. The molecule has 1 aromatic heterocycles. The maximum atomic E-state index is 5.97. The molecule has 0 unspecified atom stereocenters. The number of hydrogen-bond donors (Lipinski definition) is 0. The normalized spacial score (nSPS) is 11.0. The molecule has 3 aromatic carbocycles. The Balaban J connectivity index is 1.90. The van der Waals surface area contributed by atoms with E-state index in [1.54, 1.807) is 21.3 Å². The van der Waals surface area contributed by atoms with Crippen molar-refractivity contribution in [3.05, 3.63) is 48.5 Å². The lowest BCUT2D eigenvalue weighted by Crippen LogP contribution is -1.95. The Bertz CT molecular complexity index is 990.